The van der Waals surface area contributed by atoms with Gasteiger partial charge in [0.2, 0.25) is 0 Å². The third-order valence-corrected chi connectivity index (χ3v) is 3.69. The van der Waals surface area contributed by atoms with Crippen molar-refractivity contribution in [2.75, 3.05) is 6.54 Å². The molecule has 94 valence electrons. The number of hydrogen-bond donors (Lipinski definition) is 1. The first-order chi connectivity index (χ1) is 8.09. The van der Waals surface area contributed by atoms with Crippen LogP contribution < -0.4 is 5.32 Å². The van der Waals surface area contributed by atoms with E-state index in [4.69, 9.17) is 0 Å². The Morgan fingerprint density at radius 1 is 1.24 bits per heavy atom. The minimum atomic E-state index is -0.379. The number of halogens is 2. The average molecular weight is 239 g/mol. The minimum absolute atomic E-state index is 0.337. The average Bonchev–Trinajstić information content (AvgIpc) is 2.71. The fraction of sp³-hybridized carbons (Fsp3) is 0.571. The SMILES string of the molecule is CC1(CNCc2cc(F)ccc2F)CCCC1. The largest absolute Gasteiger partial charge is 0.312 e. The molecular weight excluding hydrogens is 220 g/mol. The normalized spacial score (nSPS) is 18.5. The fourth-order valence-electron chi connectivity index (χ4n) is 2.58. The number of rotatable bonds is 4. The lowest BCUT2D eigenvalue weighted by atomic mass is 9.89. The van der Waals surface area contributed by atoms with Crippen LogP contribution in [0.15, 0.2) is 18.2 Å². The highest BCUT2D eigenvalue weighted by Crippen LogP contribution is 2.36. The van der Waals surface area contributed by atoms with Gasteiger partial charge in [-0.15, -0.1) is 0 Å². The van der Waals surface area contributed by atoms with Crippen molar-refractivity contribution in [1.29, 1.82) is 0 Å². The lowest BCUT2D eigenvalue weighted by molar-refractivity contribution is 0.313. The summed E-state index contributed by atoms with van der Waals surface area (Å²) in [5, 5.41) is 3.25. The second kappa shape index (κ2) is 5.13. The molecule has 1 fully saturated rings. The lowest BCUT2D eigenvalue weighted by Gasteiger charge is -2.23. The Morgan fingerprint density at radius 3 is 2.65 bits per heavy atom. The molecule has 1 saturated carbocycles. The molecule has 0 atom stereocenters. The van der Waals surface area contributed by atoms with Gasteiger partial charge < -0.3 is 5.32 Å². The topological polar surface area (TPSA) is 12.0 Å². The molecule has 1 aromatic carbocycles. The standard InChI is InChI=1S/C14H19F2N/c1-14(6-2-3-7-14)10-17-9-11-8-12(15)4-5-13(11)16/h4-5,8,17H,2-3,6-7,9-10H2,1H3. The quantitative estimate of drug-likeness (QED) is 0.846. The molecule has 0 saturated heterocycles. The second-order valence-electron chi connectivity index (χ2n) is 5.36. The smallest absolute Gasteiger partial charge is 0.127 e. The van der Waals surface area contributed by atoms with Crippen LogP contribution in [0.1, 0.15) is 38.2 Å². The Labute approximate surface area is 101 Å². The van der Waals surface area contributed by atoms with Crippen molar-refractivity contribution in [1.82, 2.24) is 5.32 Å². The predicted octanol–water partition coefficient (Wildman–Crippen LogP) is 3.63. The Bertz CT molecular complexity index is 384. The predicted molar refractivity (Wildman–Crippen MR) is 64.6 cm³/mol. The Kier molecular flexibility index (Phi) is 3.77. The monoisotopic (exact) mass is 239 g/mol. The molecule has 1 aliphatic carbocycles. The highest BCUT2D eigenvalue weighted by atomic mass is 19.1. The molecule has 1 aliphatic rings. The fourth-order valence-corrected chi connectivity index (χ4v) is 2.58. The van der Waals surface area contributed by atoms with Gasteiger partial charge in [0.05, 0.1) is 0 Å². The van der Waals surface area contributed by atoms with Crippen molar-refractivity contribution in [3.8, 4) is 0 Å². The van der Waals surface area contributed by atoms with E-state index in [2.05, 4.69) is 12.2 Å². The zero-order valence-corrected chi connectivity index (χ0v) is 10.2. The van der Waals surface area contributed by atoms with E-state index in [9.17, 15) is 8.78 Å². The third kappa shape index (κ3) is 3.25. The van der Waals surface area contributed by atoms with Crippen molar-refractivity contribution in [3.05, 3.63) is 35.4 Å². The highest BCUT2D eigenvalue weighted by Gasteiger charge is 2.27. The maximum absolute atomic E-state index is 13.4. The van der Waals surface area contributed by atoms with Crippen LogP contribution in [-0.4, -0.2) is 6.54 Å². The molecule has 0 spiro atoms. The zero-order valence-electron chi connectivity index (χ0n) is 10.2. The molecule has 0 unspecified atom stereocenters. The zero-order chi connectivity index (χ0) is 12.3. The molecule has 1 N–H and O–H groups in total. The lowest BCUT2D eigenvalue weighted by Crippen LogP contribution is -2.29. The van der Waals surface area contributed by atoms with Crippen LogP contribution in [0.5, 0.6) is 0 Å². The van der Waals surface area contributed by atoms with E-state index in [0.717, 1.165) is 12.6 Å². The van der Waals surface area contributed by atoms with Crippen LogP contribution in [0.2, 0.25) is 0 Å². The molecule has 0 aromatic heterocycles. The summed E-state index contributed by atoms with van der Waals surface area (Å²) in [5.74, 6) is -0.717. The molecule has 0 radical (unpaired) electrons. The molecule has 1 aromatic rings. The van der Waals surface area contributed by atoms with Gasteiger partial charge in [-0.25, -0.2) is 8.78 Å². The van der Waals surface area contributed by atoms with E-state index in [1.165, 1.54) is 37.8 Å². The summed E-state index contributed by atoms with van der Waals surface area (Å²) in [6.07, 6.45) is 5.02. The van der Waals surface area contributed by atoms with Gasteiger partial charge in [0.15, 0.2) is 0 Å². The van der Waals surface area contributed by atoms with E-state index in [1.54, 1.807) is 0 Å². The highest BCUT2D eigenvalue weighted by molar-refractivity contribution is 5.18. The van der Waals surface area contributed by atoms with Crippen LogP contribution in [0.3, 0.4) is 0 Å². The summed E-state index contributed by atoms with van der Waals surface area (Å²) < 4.78 is 26.3. The van der Waals surface area contributed by atoms with E-state index in [1.807, 2.05) is 0 Å². The molecule has 0 heterocycles. The summed E-state index contributed by atoms with van der Waals surface area (Å²) in [7, 11) is 0. The van der Waals surface area contributed by atoms with Gasteiger partial charge in [0.1, 0.15) is 11.6 Å². The van der Waals surface area contributed by atoms with E-state index in [-0.39, 0.29) is 11.6 Å². The van der Waals surface area contributed by atoms with Gasteiger partial charge in [-0.2, -0.15) is 0 Å². The van der Waals surface area contributed by atoms with Gasteiger partial charge in [-0.3, -0.25) is 0 Å². The van der Waals surface area contributed by atoms with Crippen LogP contribution in [-0.2, 0) is 6.54 Å². The third-order valence-electron chi connectivity index (χ3n) is 3.69. The van der Waals surface area contributed by atoms with Gasteiger partial charge >= 0.3 is 0 Å². The van der Waals surface area contributed by atoms with Crippen LogP contribution in [0.4, 0.5) is 8.78 Å². The summed E-state index contributed by atoms with van der Waals surface area (Å²) in [4.78, 5) is 0. The molecular formula is C14H19F2N. The number of hydrogen-bond acceptors (Lipinski definition) is 1. The van der Waals surface area contributed by atoms with Crippen LogP contribution >= 0.6 is 0 Å². The van der Waals surface area contributed by atoms with Crippen LogP contribution in [0.25, 0.3) is 0 Å². The van der Waals surface area contributed by atoms with Gasteiger partial charge in [0, 0.05) is 18.7 Å². The van der Waals surface area contributed by atoms with Crippen molar-refractivity contribution in [2.24, 2.45) is 5.41 Å². The van der Waals surface area contributed by atoms with Gasteiger partial charge in [-0.05, 0) is 36.5 Å². The summed E-state index contributed by atoms with van der Waals surface area (Å²) in [6, 6.07) is 3.60. The first-order valence-electron chi connectivity index (χ1n) is 6.24. The van der Waals surface area contributed by atoms with Crippen molar-refractivity contribution in [2.45, 2.75) is 39.2 Å². The molecule has 17 heavy (non-hydrogen) atoms. The van der Waals surface area contributed by atoms with Crippen LogP contribution in [0, 0.1) is 17.0 Å². The molecule has 3 heteroatoms. The summed E-state index contributed by atoms with van der Waals surface area (Å²) in [5.41, 5.74) is 0.746. The van der Waals surface area contributed by atoms with Crippen molar-refractivity contribution in [3.63, 3.8) is 0 Å². The number of nitrogens with one attached hydrogen (secondary N) is 1. The Hall–Kier alpha value is -0.960. The van der Waals surface area contributed by atoms with Crippen molar-refractivity contribution < 1.29 is 8.78 Å². The first-order valence-corrected chi connectivity index (χ1v) is 6.24. The Balaban J connectivity index is 1.87. The second-order valence-corrected chi connectivity index (χ2v) is 5.36. The summed E-state index contributed by atoms with van der Waals surface area (Å²) in [6.45, 7) is 3.54. The maximum atomic E-state index is 13.4. The summed E-state index contributed by atoms with van der Waals surface area (Å²) >= 11 is 0. The number of benzene rings is 1. The van der Waals surface area contributed by atoms with E-state index < -0.39 is 0 Å². The molecule has 2 rings (SSSR count). The van der Waals surface area contributed by atoms with Crippen molar-refractivity contribution >= 4 is 0 Å². The molecule has 0 aliphatic heterocycles. The molecule has 0 bridgehead atoms. The van der Waals surface area contributed by atoms with Gasteiger partial charge in [0.25, 0.3) is 0 Å². The van der Waals surface area contributed by atoms with Gasteiger partial charge in [-0.1, -0.05) is 19.8 Å². The molecule has 0 amide bonds. The van der Waals surface area contributed by atoms with E-state index in [0.29, 0.717) is 17.5 Å². The first kappa shape index (κ1) is 12.5. The maximum Gasteiger partial charge on any atom is 0.127 e. The molecule has 1 nitrogen and oxygen atoms in total. The van der Waals surface area contributed by atoms with E-state index >= 15 is 0 Å². The minimum Gasteiger partial charge on any atom is -0.312 e. The Morgan fingerprint density at radius 2 is 1.94 bits per heavy atom.